The predicted molar refractivity (Wildman–Crippen MR) is 108 cm³/mol. The Balaban J connectivity index is 1.74. The fourth-order valence-electron chi connectivity index (χ4n) is 3.63. The van der Waals surface area contributed by atoms with Gasteiger partial charge in [-0.25, -0.2) is 0 Å². The third-order valence-corrected chi connectivity index (χ3v) is 6.31. The number of nitrogens with zero attached hydrogens (tertiary/aromatic N) is 5. The Morgan fingerprint density at radius 1 is 1.46 bits per heavy atom. The molecule has 1 aliphatic rings. The number of furan rings is 1. The van der Waals surface area contributed by atoms with Gasteiger partial charge < -0.3 is 9.32 Å². The summed E-state index contributed by atoms with van der Waals surface area (Å²) in [6.45, 7) is 6.21. The van der Waals surface area contributed by atoms with Crippen molar-refractivity contribution in [3.05, 3.63) is 30.7 Å². The normalized spacial score (nSPS) is 15.8. The minimum absolute atomic E-state index is 0.0670. The molecule has 0 unspecified atom stereocenters. The monoisotopic (exact) mass is 399 g/mol. The molecule has 0 atom stereocenters. The lowest BCUT2D eigenvalue weighted by atomic mass is 9.81. The minimum Gasteiger partial charge on any atom is -0.469 e. The molecule has 148 valence electrons. The summed E-state index contributed by atoms with van der Waals surface area (Å²) < 4.78 is 7.30. The van der Waals surface area contributed by atoms with Crippen molar-refractivity contribution in [2.45, 2.75) is 56.3 Å². The first-order valence-electron chi connectivity index (χ1n) is 9.41. The molecule has 0 aliphatic heterocycles. The lowest BCUT2D eigenvalue weighted by Crippen LogP contribution is -2.50. The summed E-state index contributed by atoms with van der Waals surface area (Å²) in [6.07, 6.45) is 7.97. The third-order valence-electron chi connectivity index (χ3n) is 5.36. The van der Waals surface area contributed by atoms with Crippen LogP contribution in [0.1, 0.15) is 37.9 Å². The molecule has 2 heterocycles. The van der Waals surface area contributed by atoms with E-state index < -0.39 is 5.54 Å². The van der Waals surface area contributed by atoms with Gasteiger partial charge in [0.15, 0.2) is 11.0 Å². The van der Waals surface area contributed by atoms with Crippen LogP contribution in [0.3, 0.4) is 0 Å². The maximum absolute atomic E-state index is 12.8. The summed E-state index contributed by atoms with van der Waals surface area (Å²) in [4.78, 5) is 14.4. The zero-order chi connectivity index (χ0) is 20.1. The van der Waals surface area contributed by atoms with Crippen molar-refractivity contribution in [3.63, 3.8) is 0 Å². The molecule has 0 bridgehead atoms. The first-order valence-corrected chi connectivity index (χ1v) is 10.4. The molecule has 2 aromatic heterocycles. The Morgan fingerprint density at radius 2 is 2.21 bits per heavy atom. The second kappa shape index (κ2) is 8.65. The standard InChI is InChI=1S/C20H25N5O2S/c1-4-11-25-18(16-8-12-27-15(16)2)22-23-19(25)28-13-17(26)24(3)20(14-21)9-6-5-7-10-20/h4,8,12H,1,5-7,9-11,13H2,2-3H3. The molecular formula is C20H25N5O2S. The Kier molecular flexibility index (Phi) is 6.25. The average molecular weight is 400 g/mol. The van der Waals surface area contributed by atoms with Gasteiger partial charge in [-0.05, 0) is 25.8 Å². The summed E-state index contributed by atoms with van der Waals surface area (Å²) in [6, 6.07) is 4.25. The SMILES string of the molecule is C=CCn1c(SCC(=O)N(C)C2(C#N)CCCCC2)nnc1-c1ccoc1C. The summed E-state index contributed by atoms with van der Waals surface area (Å²) in [5.41, 5.74) is 0.194. The summed E-state index contributed by atoms with van der Waals surface area (Å²) in [5, 5.41) is 18.9. The number of thioether (sulfide) groups is 1. The van der Waals surface area contributed by atoms with Crippen LogP contribution in [0.15, 0.2) is 34.6 Å². The highest BCUT2D eigenvalue weighted by molar-refractivity contribution is 7.99. The van der Waals surface area contributed by atoms with E-state index in [4.69, 9.17) is 4.42 Å². The van der Waals surface area contributed by atoms with Crippen LogP contribution in [0.5, 0.6) is 0 Å². The summed E-state index contributed by atoms with van der Waals surface area (Å²) in [5.74, 6) is 1.59. The molecule has 2 aromatic rings. The van der Waals surface area contributed by atoms with E-state index in [1.54, 1.807) is 24.3 Å². The van der Waals surface area contributed by atoms with Crippen molar-refractivity contribution in [1.29, 1.82) is 5.26 Å². The van der Waals surface area contributed by atoms with Gasteiger partial charge in [-0.3, -0.25) is 9.36 Å². The average Bonchev–Trinajstić information content (AvgIpc) is 3.32. The van der Waals surface area contributed by atoms with Crippen molar-refractivity contribution < 1.29 is 9.21 Å². The maximum Gasteiger partial charge on any atom is 0.234 e. The lowest BCUT2D eigenvalue weighted by Gasteiger charge is -2.39. The first-order chi connectivity index (χ1) is 13.5. The van der Waals surface area contributed by atoms with Gasteiger partial charge in [0.1, 0.15) is 11.3 Å². The first kappa shape index (κ1) is 20.2. The van der Waals surface area contributed by atoms with E-state index in [2.05, 4.69) is 22.8 Å². The van der Waals surface area contributed by atoms with Crippen molar-refractivity contribution in [2.75, 3.05) is 12.8 Å². The maximum atomic E-state index is 12.8. The molecule has 1 fully saturated rings. The highest BCUT2D eigenvalue weighted by atomic mass is 32.2. The Morgan fingerprint density at radius 3 is 2.82 bits per heavy atom. The van der Waals surface area contributed by atoms with Gasteiger partial charge in [-0.15, -0.1) is 16.8 Å². The van der Waals surface area contributed by atoms with E-state index in [1.165, 1.54) is 11.8 Å². The molecule has 28 heavy (non-hydrogen) atoms. The summed E-state index contributed by atoms with van der Waals surface area (Å²) >= 11 is 1.33. The highest BCUT2D eigenvalue weighted by Crippen LogP contribution is 2.33. The second-order valence-corrected chi connectivity index (χ2v) is 7.98. The van der Waals surface area contributed by atoms with Crippen LogP contribution in [0, 0.1) is 18.3 Å². The molecule has 1 saturated carbocycles. The molecule has 1 aliphatic carbocycles. The van der Waals surface area contributed by atoms with Crippen LogP contribution in [0.2, 0.25) is 0 Å². The van der Waals surface area contributed by atoms with Crippen LogP contribution in [0.4, 0.5) is 0 Å². The van der Waals surface area contributed by atoms with Crippen LogP contribution < -0.4 is 0 Å². The number of rotatable bonds is 7. The van der Waals surface area contributed by atoms with Crippen LogP contribution in [0.25, 0.3) is 11.4 Å². The number of carbonyl (C=O) groups is 1. The van der Waals surface area contributed by atoms with Gasteiger partial charge in [0, 0.05) is 13.6 Å². The number of aromatic nitrogens is 3. The molecule has 0 radical (unpaired) electrons. The van der Waals surface area contributed by atoms with E-state index in [0.717, 1.165) is 43.4 Å². The molecule has 0 spiro atoms. The smallest absolute Gasteiger partial charge is 0.234 e. The van der Waals surface area contributed by atoms with Gasteiger partial charge in [-0.2, -0.15) is 5.26 Å². The van der Waals surface area contributed by atoms with Crippen molar-refractivity contribution in [2.24, 2.45) is 0 Å². The van der Waals surface area contributed by atoms with E-state index in [1.807, 2.05) is 17.6 Å². The lowest BCUT2D eigenvalue weighted by molar-refractivity contribution is -0.131. The molecule has 3 rings (SSSR count). The summed E-state index contributed by atoms with van der Waals surface area (Å²) in [7, 11) is 1.74. The fraction of sp³-hybridized carbons (Fsp3) is 0.500. The van der Waals surface area contributed by atoms with E-state index in [9.17, 15) is 10.1 Å². The van der Waals surface area contributed by atoms with Crippen LogP contribution in [-0.4, -0.2) is 43.9 Å². The van der Waals surface area contributed by atoms with Crippen molar-refractivity contribution in [1.82, 2.24) is 19.7 Å². The van der Waals surface area contributed by atoms with Crippen molar-refractivity contribution >= 4 is 17.7 Å². The number of hydrogen-bond acceptors (Lipinski definition) is 6. The number of carbonyl (C=O) groups excluding carboxylic acids is 1. The fourth-order valence-corrected chi connectivity index (χ4v) is 4.49. The Labute approximate surface area is 169 Å². The topological polar surface area (TPSA) is 88.0 Å². The van der Waals surface area contributed by atoms with Gasteiger partial charge in [0.2, 0.25) is 5.91 Å². The van der Waals surface area contributed by atoms with Crippen LogP contribution in [-0.2, 0) is 11.3 Å². The van der Waals surface area contributed by atoms with E-state index in [0.29, 0.717) is 17.5 Å². The van der Waals surface area contributed by atoms with E-state index >= 15 is 0 Å². The zero-order valence-corrected chi connectivity index (χ0v) is 17.2. The number of hydrogen-bond donors (Lipinski definition) is 0. The minimum atomic E-state index is -0.677. The van der Waals surface area contributed by atoms with Gasteiger partial charge >= 0.3 is 0 Å². The Bertz CT molecular complexity index is 889. The molecular weight excluding hydrogens is 374 g/mol. The van der Waals surface area contributed by atoms with Gasteiger partial charge in [0.25, 0.3) is 0 Å². The Hall–Kier alpha value is -2.53. The zero-order valence-electron chi connectivity index (χ0n) is 16.3. The molecule has 7 nitrogen and oxygen atoms in total. The molecule has 0 saturated heterocycles. The molecule has 8 heteroatoms. The van der Waals surface area contributed by atoms with Gasteiger partial charge in [-0.1, -0.05) is 37.1 Å². The largest absolute Gasteiger partial charge is 0.469 e. The molecule has 0 aromatic carbocycles. The van der Waals surface area contributed by atoms with Crippen molar-refractivity contribution in [3.8, 4) is 17.5 Å². The predicted octanol–water partition coefficient (Wildman–Crippen LogP) is 3.81. The number of amides is 1. The number of nitriles is 1. The van der Waals surface area contributed by atoms with Crippen LogP contribution >= 0.6 is 11.8 Å². The highest BCUT2D eigenvalue weighted by Gasteiger charge is 2.38. The molecule has 1 amide bonds. The number of aryl methyl sites for hydroxylation is 1. The second-order valence-electron chi connectivity index (χ2n) is 7.04. The quantitative estimate of drug-likeness (QED) is 0.520. The van der Waals surface area contributed by atoms with Gasteiger partial charge in [0.05, 0.1) is 23.6 Å². The third kappa shape index (κ3) is 3.85. The van der Waals surface area contributed by atoms with E-state index in [-0.39, 0.29) is 11.7 Å². The molecule has 0 N–H and O–H groups in total. The number of allylic oxidation sites excluding steroid dienone is 1.